The fraction of sp³-hybridized carbons (Fsp3) is 0.259. The number of aromatic nitrogens is 2. The number of thiazole rings is 1. The Labute approximate surface area is 202 Å². The molecule has 1 saturated carbocycles. The summed E-state index contributed by atoms with van der Waals surface area (Å²) < 4.78 is 18.8. The zero-order valence-corrected chi connectivity index (χ0v) is 20.0. The van der Waals surface area contributed by atoms with Crippen molar-refractivity contribution in [3.8, 4) is 28.4 Å². The molecule has 4 aromatic rings. The van der Waals surface area contributed by atoms with Gasteiger partial charge in [-0.2, -0.15) is 0 Å². The second kappa shape index (κ2) is 9.73. The van der Waals surface area contributed by atoms with E-state index in [-0.39, 0.29) is 5.56 Å². The van der Waals surface area contributed by atoms with Crippen molar-refractivity contribution in [2.45, 2.75) is 19.8 Å². The third kappa shape index (κ3) is 4.56. The zero-order valence-electron chi connectivity index (χ0n) is 19.2. The average Bonchev–Trinajstić information content (AvgIpc) is 3.57. The summed E-state index contributed by atoms with van der Waals surface area (Å²) in [6.45, 7) is 3.21. The van der Waals surface area contributed by atoms with E-state index in [1.165, 1.54) is 24.2 Å². The molecule has 174 valence electrons. The van der Waals surface area contributed by atoms with Crippen molar-refractivity contribution < 1.29 is 14.2 Å². The van der Waals surface area contributed by atoms with E-state index in [4.69, 9.17) is 19.2 Å². The number of nitrogens with zero attached hydrogens (tertiary/aromatic N) is 2. The summed E-state index contributed by atoms with van der Waals surface area (Å²) in [6, 6.07) is 13.4. The fourth-order valence-corrected chi connectivity index (χ4v) is 4.52. The van der Waals surface area contributed by atoms with Crippen LogP contribution >= 0.6 is 11.3 Å². The van der Waals surface area contributed by atoms with Crippen molar-refractivity contribution in [2.75, 3.05) is 20.3 Å². The minimum Gasteiger partial charge on any atom is -0.494 e. The first kappa shape index (κ1) is 22.2. The molecule has 0 N–H and O–H groups in total. The van der Waals surface area contributed by atoms with Gasteiger partial charge in [-0.3, -0.25) is 9.20 Å². The van der Waals surface area contributed by atoms with E-state index >= 15 is 0 Å². The molecule has 0 bridgehead atoms. The molecule has 1 aliphatic carbocycles. The molecule has 34 heavy (non-hydrogen) atoms. The largest absolute Gasteiger partial charge is 0.494 e. The lowest BCUT2D eigenvalue weighted by Crippen LogP contribution is -2.17. The standard InChI is InChI=1S/C27H26N2O4S/c1-3-32-21-12-9-19(10-13-21)24-22(28-27-29(26(24)30)15-16-34-27)14-11-20-5-4-6-23(31-2)25(20)33-17-18-7-8-18/h4-6,9-16,18H,3,7-8,17H2,1-2H3/b14-11+. The van der Waals surface area contributed by atoms with Crippen molar-refractivity contribution in [1.29, 1.82) is 0 Å². The van der Waals surface area contributed by atoms with Gasteiger partial charge in [0.25, 0.3) is 5.56 Å². The van der Waals surface area contributed by atoms with Crippen LogP contribution in [0.25, 0.3) is 28.2 Å². The van der Waals surface area contributed by atoms with Crippen LogP contribution in [0, 0.1) is 5.92 Å². The number of methoxy groups -OCH3 is 1. The van der Waals surface area contributed by atoms with Crippen LogP contribution in [0.3, 0.4) is 0 Å². The van der Waals surface area contributed by atoms with E-state index in [0.717, 1.165) is 16.9 Å². The van der Waals surface area contributed by atoms with Crippen molar-refractivity contribution in [2.24, 2.45) is 5.92 Å². The number of rotatable bonds is 9. The normalized spacial score (nSPS) is 13.5. The van der Waals surface area contributed by atoms with Crippen LogP contribution in [0.15, 0.2) is 58.8 Å². The van der Waals surface area contributed by atoms with E-state index in [9.17, 15) is 4.79 Å². The highest BCUT2D eigenvalue weighted by molar-refractivity contribution is 7.15. The van der Waals surface area contributed by atoms with Crippen LogP contribution in [-0.4, -0.2) is 29.7 Å². The molecule has 0 aliphatic heterocycles. The summed E-state index contributed by atoms with van der Waals surface area (Å²) >= 11 is 1.43. The lowest BCUT2D eigenvalue weighted by molar-refractivity contribution is 0.280. The molecule has 2 aromatic carbocycles. The third-order valence-corrected chi connectivity index (χ3v) is 6.52. The molecule has 2 aromatic heterocycles. The summed E-state index contributed by atoms with van der Waals surface area (Å²) in [5.41, 5.74) is 2.71. The summed E-state index contributed by atoms with van der Waals surface area (Å²) in [4.78, 5) is 18.8. The first-order valence-corrected chi connectivity index (χ1v) is 12.3. The molecule has 0 radical (unpaired) electrons. The smallest absolute Gasteiger partial charge is 0.266 e. The van der Waals surface area contributed by atoms with Crippen LogP contribution < -0.4 is 19.8 Å². The lowest BCUT2D eigenvalue weighted by Gasteiger charge is -2.13. The van der Waals surface area contributed by atoms with Crippen molar-refractivity contribution in [1.82, 2.24) is 9.38 Å². The average molecular weight is 475 g/mol. The van der Waals surface area contributed by atoms with Crippen LogP contribution in [-0.2, 0) is 0 Å². The van der Waals surface area contributed by atoms with Crippen molar-refractivity contribution in [3.05, 3.63) is 75.7 Å². The summed E-state index contributed by atoms with van der Waals surface area (Å²) in [5.74, 6) is 2.79. The van der Waals surface area contributed by atoms with E-state index in [0.29, 0.717) is 46.8 Å². The molecule has 2 heterocycles. The maximum Gasteiger partial charge on any atom is 0.266 e. The van der Waals surface area contributed by atoms with Gasteiger partial charge in [0.05, 0.1) is 31.6 Å². The zero-order chi connectivity index (χ0) is 23.5. The molecule has 5 rings (SSSR count). The van der Waals surface area contributed by atoms with E-state index in [1.54, 1.807) is 17.7 Å². The quantitative estimate of drug-likeness (QED) is 0.307. The Kier molecular flexibility index (Phi) is 6.36. The monoisotopic (exact) mass is 474 g/mol. The first-order chi connectivity index (χ1) is 16.7. The Balaban J connectivity index is 1.57. The van der Waals surface area contributed by atoms with Gasteiger partial charge in [0.2, 0.25) is 0 Å². The van der Waals surface area contributed by atoms with Crippen LogP contribution in [0.1, 0.15) is 31.0 Å². The number of benzene rings is 2. The highest BCUT2D eigenvalue weighted by Crippen LogP contribution is 2.36. The highest BCUT2D eigenvalue weighted by Gasteiger charge is 2.23. The number of hydrogen-bond donors (Lipinski definition) is 0. The van der Waals surface area contributed by atoms with Gasteiger partial charge < -0.3 is 14.2 Å². The molecule has 1 aliphatic rings. The predicted molar refractivity (Wildman–Crippen MR) is 136 cm³/mol. The lowest BCUT2D eigenvalue weighted by atomic mass is 10.0. The molecule has 7 heteroatoms. The number of ether oxygens (including phenoxy) is 3. The second-order valence-electron chi connectivity index (χ2n) is 8.16. The van der Waals surface area contributed by atoms with Gasteiger partial charge >= 0.3 is 0 Å². The summed E-state index contributed by atoms with van der Waals surface area (Å²) in [5, 5.41) is 1.87. The Morgan fingerprint density at radius 1 is 1.12 bits per heavy atom. The number of para-hydroxylation sites is 1. The van der Waals surface area contributed by atoms with Gasteiger partial charge in [0.1, 0.15) is 5.75 Å². The Hall–Kier alpha value is -3.58. The fourth-order valence-electron chi connectivity index (χ4n) is 3.81. The van der Waals surface area contributed by atoms with Gasteiger partial charge in [0.15, 0.2) is 16.5 Å². The Bertz CT molecular complexity index is 1380. The second-order valence-corrected chi connectivity index (χ2v) is 9.03. The van der Waals surface area contributed by atoms with E-state index in [2.05, 4.69) is 0 Å². The maximum absolute atomic E-state index is 13.4. The molecule has 1 fully saturated rings. The van der Waals surface area contributed by atoms with E-state index < -0.39 is 0 Å². The van der Waals surface area contributed by atoms with Crippen LogP contribution in [0.4, 0.5) is 0 Å². The van der Waals surface area contributed by atoms with Crippen molar-refractivity contribution >= 4 is 28.4 Å². The van der Waals surface area contributed by atoms with Crippen LogP contribution in [0.2, 0.25) is 0 Å². The topological polar surface area (TPSA) is 62.1 Å². The molecular formula is C27H26N2O4S. The predicted octanol–water partition coefficient (Wildman–Crippen LogP) is 5.79. The minimum absolute atomic E-state index is 0.106. The molecule has 0 unspecified atom stereocenters. The van der Waals surface area contributed by atoms with Gasteiger partial charge in [0, 0.05) is 17.1 Å². The van der Waals surface area contributed by atoms with Gasteiger partial charge in [-0.1, -0.05) is 24.3 Å². The Morgan fingerprint density at radius 2 is 1.94 bits per heavy atom. The number of fused-ring (bicyclic) bond motifs is 1. The summed E-state index contributed by atoms with van der Waals surface area (Å²) in [7, 11) is 1.64. The van der Waals surface area contributed by atoms with E-state index in [1.807, 2.05) is 66.9 Å². The first-order valence-electron chi connectivity index (χ1n) is 11.4. The third-order valence-electron chi connectivity index (χ3n) is 5.76. The van der Waals surface area contributed by atoms with Gasteiger partial charge in [-0.15, -0.1) is 11.3 Å². The van der Waals surface area contributed by atoms with Crippen molar-refractivity contribution in [3.63, 3.8) is 0 Å². The molecule has 6 nitrogen and oxygen atoms in total. The van der Waals surface area contributed by atoms with Crippen LogP contribution in [0.5, 0.6) is 17.2 Å². The SMILES string of the molecule is CCOc1ccc(-c2c(/C=C/c3cccc(OC)c3OCC3CC3)nc3sccn3c2=O)cc1. The minimum atomic E-state index is -0.106. The Morgan fingerprint density at radius 3 is 2.68 bits per heavy atom. The van der Waals surface area contributed by atoms with Gasteiger partial charge in [-0.05, 0) is 61.6 Å². The molecule has 0 saturated heterocycles. The maximum atomic E-state index is 13.4. The molecule has 0 amide bonds. The number of hydrogen-bond acceptors (Lipinski definition) is 6. The highest BCUT2D eigenvalue weighted by atomic mass is 32.1. The molecule has 0 atom stereocenters. The van der Waals surface area contributed by atoms with Gasteiger partial charge in [-0.25, -0.2) is 4.98 Å². The summed E-state index contributed by atoms with van der Waals surface area (Å²) in [6.07, 6.45) is 7.99. The molecular weight excluding hydrogens is 448 g/mol. The molecule has 0 spiro atoms.